The molecule has 0 saturated carbocycles. The summed E-state index contributed by atoms with van der Waals surface area (Å²) < 4.78 is 30.4. The number of ketones is 1. The molecule has 2 aliphatic rings. The Morgan fingerprint density at radius 2 is 2.14 bits per heavy atom. The van der Waals surface area contributed by atoms with Gasteiger partial charge in [0.2, 0.25) is 0 Å². The molecule has 0 aromatic heterocycles. The molecule has 1 fully saturated rings. The number of allylic oxidation sites excluding steroid dienone is 4. The molecule has 6 heteroatoms. The van der Waals surface area contributed by atoms with E-state index in [0.717, 1.165) is 5.70 Å². The monoisotopic (exact) mass is 215 g/mol. The number of carbonyl (C=O) groups is 1. The summed E-state index contributed by atoms with van der Waals surface area (Å²) in [7, 11) is -4.15. The lowest BCUT2D eigenvalue weighted by molar-refractivity contribution is -0.119. The predicted molar refractivity (Wildman–Crippen MR) is 48.8 cm³/mol. The number of Topliss-reactive ketones (excluding diaryl/α,β-unsaturated/α-hetero) is 1. The van der Waals surface area contributed by atoms with Crippen LogP contribution in [0.4, 0.5) is 0 Å². The smallest absolute Gasteiger partial charge is 0.290 e. The minimum absolute atomic E-state index is 0.0366. The van der Waals surface area contributed by atoms with Gasteiger partial charge in [-0.25, -0.2) is 0 Å². The van der Waals surface area contributed by atoms with Gasteiger partial charge in [0.25, 0.3) is 10.1 Å². The van der Waals surface area contributed by atoms with Crippen molar-refractivity contribution in [2.75, 3.05) is 6.54 Å². The molecule has 1 aliphatic heterocycles. The van der Waals surface area contributed by atoms with Gasteiger partial charge in [0.05, 0.1) is 17.4 Å². The van der Waals surface area contributed by atoms with Crippen LogP contribution < -0.4 is 5.32 Å². The molecule has 0 bridgehead atoms. The molecule has 0 aromatic carbocycles. The van der Waals surface area contributed by atoms with E-state index in [1.54, 1.807) is 0 Å². The van der Waals surface area contributed by atoms with Crippen molar-refractivity contribution < 1.29 is 17.8 Å². The molecule has 0 aromatic rings. The lowest BCUT2D eigenvalue weighted by Crippen LogP contribution is -2.17. The normalized spacial score (nSPS) is 26.4. The zero-order valence-electron chi connectivity index (χ0n) is 7.23. The summed E-state index contributed by atoms with van der Waals surface area (Å²) in [6.07, 6.45) is 2.92. The molecule has 1 heterocycles. The van der Waals surface area contributed by atoms with Gasteiger partial charge < -0.3 is 5.32 Å². The first kappa shape index (κ1) is 9.42. The van der Waals surface area contributed by atoms with E-state index < -0.39 is 16.0 Å². The van der Waals surface area contributed by atoms with Crippen LogP contribution in [0.5, 0.6) is 0 Å². The van der Waals surface area contributed by atoms with Crippen LogP contribution in [0.3, 0.4) is 0 Å². The second-order valence-corrected chi connectivity index (χ2v) is 4.78. The van der Waals surface area contributed by atoms with Gasteiger partial charge in [-0.1, -0.05) is 0 Å². The third-order valence-electron chi connectivity index (χ3n) is 2.42. The number of carbonyl (C=O) groups excluding carboxylic acids is 1. The Bertz CT molecular complexity index is 446. The van der Waals surface area contributed by atoms with E-state index in [1.165, 1.54) is 12.2 Å². The number of nitrogens with one attached hydrogen (secondary N) is 1. The average molecular weight is 215 g/mol. The quantitative estimate of drug-likeness (QED) is 0.593. The first-order valence-electron chi connectivity index (χ1n) is 4.13. The number of hydrogen-bond acceptors (Lipinski definition) is 4. The van der Waals surface area contributed by atoms with E-state index in [1.807, 2.05) is 0 Å². The fourth-order valence-electron chi connectivity index (χ4n) is 1.65. The van der Waals surface area contributed by atoms with Gasteiger partial charge >= 0.3 is 0 Å². The highest BCUT2D eigenvalue weighted by Gasteiger charge is 2.34. The maximum Gasteiger partial charge on any atom is 0.290 e. The highest BCUT2D eigenvalue weighted by atomic mass is 32.2. The standard InChI is InChI=1S/C8H9NO4S/c10-8-4-9-7-2-1-5(3-6(7)8)14(11,12)13/h1-2,6,9H,3-4H2,(H,11,12,13). The highest BCUT2D eigenvalue weighted by Crippen LogP contribution is 2.29. The van der Waals surface area contributed by atoms with E-state index in [9.17, 15) is 13.2 Å². The molecule has 1 unspecified atom stereocenters. The zero-order chi connectivity index (χ0) is 10.3. The zero-order valence-corrected chi connectivity index (χ0v) is 8.04. The molecular formula is C8H9NO4S. The largest absolute Gasteiger partial charge is 0.381 e. The van der Waals surface area contributed by atoms with E-state index >= 15 is 0 Å². The topological polar surface area (TPSA) is 83.5 Å². The Balaban J connectivity index is 2.35. The van der Waals surface area contributed by atoms with Crippen LogP contribution in [-0.2, 0) is 14.9 Å². The van der Waals surface area contributed by atoms with Crippen LogP contribution in [0.25, 0.3) is 0 Å². The molecule has 1 atom stereocenters. The number of rotatable bonds is 1. The van der Waals surface area contributed by atoms with Gasteiger partial charge in [-0.05, 0) is 12.2 Å². The minimum Gasteiger partial charge on any atom is -0.381 e. The molecule has 0 radical (unpaired) electrons. The van der Waals surface area contributed by atoms with Crippen molar-refractivity contribution in [1.29, 1.82) is 0 Å². The Hall–Kier alpha value is -1.14. The molecule has 2 N–H and O–H groups in total. The van der Waals surface area contributed by atoms with Crippen molar-refractivity contribution >= 4 is 15.9 Å². The molecule has 0 amide bonds. The van der Waals surface area contributed by atoms with Crippen molar-refractivity contribution in [3.8, 4) is 0 Å². The second-order valence-electron chi connectivity index (χ2n) is 3.31. The molecule has 1 saturated heterocycles. The van der Waals surface area contributed by atoms with Gasteiger partial charge in [0.1, 0.15) is 0 Å². The Morgan fingerprint density at radius 3 is 2.79 bits per heavy atom. The summed E-state index contributed by atoms with van der Waals surface area (Å²) in [6.45, 7) is 0.239. The van der Waals surface area contributed by atoms with Gasteiger partial charge in [-0.2, -0.15) is 8.42 Å². The van der Waals surface area contributed by atoms with Crippen LogP contribution in [0.1, 0.15) is 6.42 Å². The van der Waals surface area contributed by atoms with Crippen LogP contribution in [-0.4, -0.2) is 25.3 Å². The number of fused-ring (bicyclic) bond motifs is 1. The lowest BCUT2D eigenvalue weighted by atomic mass is 9.96. The fourth-order valence-corrected chi connectivity index (χ4v) is 2.27. The van der Waals surface area contributed by atoms with Gasteiger partial charge in [-0.15, -0.1) is 0 Å². The first-order valence-corrected chi connectivity index (χ1v) is 5.57. The molecule has 0 spiro atoms. The Morgan fingerprint density at radius 1 is 1.43 bits per heavy atom. The highest BCUT2D eigenvalue weighted by molar-refractivity contribution is 7.89. The SMILES string of the molecule is O=C1CNC2=CC=C(S(=O)(=O)O)CC12. The first-order chi connectivity index (χ1) is 6.48. The van der Waals surface area contributed by atoms with E-state index in [-0.39, 0.29) is 23.7 Å². The summed E-state index contributed by atoms with van der Waals surface area (Å²) in [5.41, 5.74) is 0.738. The van der Waals surface area contributed by atoms with E-state index in [4.69, 9.17) is 4.55 Å². The fraction of sp³-hybridized carbons (Fsp3) is 0.375. The van der Waals surface area contributed by atoms with Crippen LogP contribution in [0.15, 0.2) is 22.8 Å². The summed E-state index contributed by atoms with van der Waals surface area (Å²) in [5.74, 6) is -0.456. The predicted octanol–water partition coefficient (Wildman–Crippen LogP) is -0.166. The van der Waals surface area contributed by atoms with Gasteiger partial charge in [0, 0.05) is 12.1 Å². The van der Waals surface area contributed by atoms with Crippen molar-refractivity contribution in [2.45, 2.75) is 6.42 Å². The molecule has 76 valence electrons. The molecule has 2 rings (SSSR count). The van der Waals surface area contributed by atoms with Crippen molar-refractivity contribution in [3.05, 3.63) is 22.8 Å². The van der Waals surface area contributed by atoms with Gasteiger partial charge in [-0.3, -0.25) is 9.35 Å². The van der Waals surface area contributed by atoms with Crippen molar-refractivity contribution in [1.82, 2.24) is 5.32 Å². The van der Waals surface area contributed by atoms with Crippen LogP contribution in [0, 0.1) is 5.92 Å². The van der Waals surface area contributed by atoms with E-state index in [0.29, 0.717) is 0 Å². The minimum atomic E-state index is -4.15. The summed E-state index contributed by atoms with van der Waals surface area (Å²) in [5, 5.41) is 2.87. The summed E-state index contributed by atoms with van der Waals surface area (Å²) in [4.78, 5) is 11.2. The van der Waals surface area contributed by atoms with E-state index in [2.05, 4.69) is 5.32 Å². The third kappa shape index (κ3) is 1.46. The summed E-state index contributed by atoms with van der Waals surface area (Å²) in [6, 6.07) is 0. The number of hydrogen-bond donors (Lipinski definition) is 2. The third-order valence-corrected chi connectivity index (χ3v) is 3.38. The molecule has 5 nitrogen and oxygen atoms in total. The maximum absolute atomic E-state index is 11.3. The average Bonchev–Trinajstić information content (AvgIpc) is 2.46. The van der Waals surface area contributed by atoms with Gasteiger partial charge in [0.15, 0.2) is 5.78 Å². The lowest BCUT2D eigenvalue weighted by Gasteiger charge is -2.14. The molecular weight excluding hydrogens is 206 g/mol. The van der Waals surface area contributed by atoms with Crippen LogP contribution >= 0.6 is 0 Å². The molecule has 14 heavy (non-hydrogen) atoms. The van der Waals surface area contributed by atoms with Crippen molar-refractivity contribution in [2.24, 2.45) is 5.92 Å². The Labute approximate surface area is 81.2 Å². The Kier molecular flexibility index (Phi) is 1.97. The summed E-state index contributed by atoms with van der Waals surface area (Å²) >= 11 is 0. The molecule has 1 aliphatic carbocycles. The second kappa shape index (κ2) is 2.93. The van der Waals surface area contributed by atoms with Crippen LogP contribution in [0.2, 0.25) is 0 Å². The maximum atomic E-state index is 11.3. The van der Waals surface area contributed by atoms with Crippen molar-refractivity contribution in [3.63, 3.8) is 0 Å².